The van der Waals surface area contributed by atoms with Crippen molar-refractivity contribution in [3.05, 3.63) is 53.7 Å². The Morgan fingerprint density at radius 2 is 1.83 bits per heavy atom. The molecular weight excluding hydrogens is 396 g/mol. The minimum atomic E-state index is 0.707. The molecule has 2 aromatic heterocycles. The predicted molar refractivity (Wildman–Crippen MR) is 127 cm³/mol. The summed E-state index contributed by atoms with van der Waals surface area (Å²) in [5.41, 5.74) is 1.99. The van der Waals surface area contributed by atoms with Gasteiger partial charge in [-0.25, -0.2) is 4.98 Å². The molecule has 2 N–H and O–H groups in total. The summed E-state index contributed by atoms with van der Waals surface area (Å²) >= 11 is 6.07. The molecule has 1 aliphatic heterocycles. The van der Waals surface area contributed by atoms with Crippen LogP contribution in [0.2, 0.25) is 5.02 Å². The molecule has 7 heteroatoms. The molecule has 3 aromatic rings. The molecule has 0 saturated carbocycles. The Morgan fingerprint density at radius 3 is 2.67 bits per heavy atom. The van der Waals surface area contributed by atoms with Gasteiger partial charge in [0.25, 0.3) is 0 Å². The van der Waals surface area contributed by atoms with Crippen molar-refractivity contribution in [2.75, 3.05) is 61.3 Å². The first-order chi connectivity index (χ1) is 14.7. The zero-order chi connectivity index (χ0) is 20.8. The molecule has 0 amide bonds. The smallest absolute Gasteiger partial charge is 0.131 e. The summed E-state index contributed by atoms with van der Waals surface area (Å²) in [6, 6.07) is 14.1. The lowest BCUT2D eigenvalue weighted by molar-refractivity contribution is 0.270. The fourth-order valence-corrected chi connectivity index (χ4v) is 3.96. The standard InChI is InChI=1S/C23H29ClN6/c1-2-29-13-15-30(16-14-29)23-6-3-5-22(28-23)27-11-4-10-25-20-9-12-26-21-17-18(24)7-8-19(20)21/h3,5-9,12,17H,2,4,10-11,13-16H2,1H3,(H,25,26)(H,27,28). The van der Waals surface area contributed by atoms with Crippen molar-refractivity contribution in [1.29, 1.82) is 0 Å². The highest BCUT2D eigenvalue weighted by Gasteiger charge is 2.16. The minimum absolute atomic E-state index is 0.707. The molecular formula is C23H29ClN6. The molecule has 1 aliphatic rings. The number of benzene rings is 1. The van der Waals surface area contributed by atoms with E-state index in [-0.39, 0.29) is 0 Å². The zero-order valence-corrected chi connectivity index (χ0v) is 18.2. The van der Waals surface area contributed by atoms with Crippen LogP contribution in [0.5, 0.6) is 0 Å². The van der Waals surface area contributed by atoms with Crippen LogP contribution in [0.3, 0.4) is 0 Å². The van der Waals surface area contributed by atoms with E-state index in [0.29, 0.717) is 5.02 Å². The molecule has 1 saturated heterocycles. The van der Waals surface area contributed by atoms with Crippen molar-refractivity contribution in [2.24, 2.45) is 0 Å². The molecule has 0 unspecified atom stereocenters. The average molecular weight is 425 g/mol. The van der Waals surface area contributed by atoms with E-state index in [1.54, 1.807) is 0 Å². The van der Waals surface area contributed by atoms with Crippen LogP contribution >= 0.6 is 11.6 Å². The van der Waals surface area contributed by atoms with Crippen molar-refractivity contribution in [3.63, 3.8) is 0 Å². The fourth-order valence-electron chi connectivity index (χ4n) is 3.79. The SMILES string of the molecule is CCN1CCN(c2cccc(NCCCNc3ccnc4cc(Cl)ccc34)n2)CC1. The van der Waals surface area contributed by atoms with Crippen molar-refractivity contribution in [2.45, 2.75) is 13.3 Å². The van der Waals surface area contributed by atoms with Gasteiger partial charge in [-0.15, -0.1) is 0 Å². The number of piperazine rings is 1. The highest BCUT2D eigenvalue weighted by atomic mass is 35.5. The molecule has 158 valence electrons. The summed E-state index contributed by atoms with van der Waals surface area (Å²) in [7, 11) is 0. The highest BCUT2D eigenvalue weighted by Crippen LogP contribution is 2.24. The quantitative estimate of drug-likeness (QED) is 0.524. The van der Waals surface area contributed by atoms with Crippen LogP contribution in [-0.2, 0) is 0 Å². The van der Waals surface area contributed by atoms with Gasteiger partial charge in [0.1, 0.15) is 11.6 Å². The second-order valence-corrected chi connectivity index (χ2v) is 7.97. The molecule has 0 spiro atoms. The maximum atomic E-state index is 6.07. The van der Waals surface area contributed by atoms with E-state index in [2.05, 4.69) is 44.5 Å². The number of nitrogens with one attached hydrogen (secondary N) is 2. The van der Waals surface area contributed by atoms with Crippen LogP contribution in [0.4, 0.5) is 17.3 Å². The number of hydrogen-bond acceptors (Lipinski definition) is 6. The van der Waals surface area contributed by atoms with Gasteiger partial charge in [-0.3, -0.25) is 4.98 Å². The summed E-state index contributed by atoms with van der Waals surface area (Å²) in [6.07, 6.45) is 2.80. The van der Waals surface area contributed by atoms with Crippen molar-refractivity contribution in [3.8, 4) is 0 Å². The van der Waals surface area contributed by atoms with E-state index in [4.69, 9.17) is 16.6 Å². The lowest BCUT2D eigenvalue weighted by Gasteiger charge is -2.34. The van der Waals surface area contributed by atoms with E-state index in [1.165, 1.54) is 0 Å². The molecule has 3 heterocycles. The first kappa shape index (κ1) is 20.7. The number of nitrogens with zero attached hydrogens (tertiary/aromatic N) is 4. The zero-order valence-electron chi connectivity index (χ0n) is 17.4. The monoisotopic (exact) mass is 424 g/mol. The van der Waals surface area contributed by atoms with E-state index in [0.717, 1.165) is 80.5 Å². The molecule has 0 atom stereocenters. The van der Waals surface area contributed by atoms with E-state index < -0.39 is 0 Å². The molecule has 30 heavy (non-hydrogen) atoms. The third-order valence-corrected chi connectivity index (χ3v) is 5.79. The normalized spacial score (nSPS) is 14.8. The van der Waals surface area contributed by atoms with Gasteiger partial charge in [0.15, 0.2) is 0 Å². The van der Waals surface area contributed by atoms with Gasteiger partial charge >= 0.3 is 0 Å². The van der Waals surface area contributed by atoms with Gasteiger partial charge in [-0.1, -0.05) is 24.6 Å². The van der Waals surface area contributed by atoms with Crippen LogP contribution in [0.25, 0.3) is 10.9 Å². The summed E-state index contributed by atoms with van der Waals surface area (Å²) < 4.78 is 0. The summed E-state index contributed by atoms with van der Waals surface area (Å²) in [4.78, 5) is 14.1. The number of likely N-dealkylation sites (N-methyl/N-ethyl adjacent to an activating group) is 1. The number of pyridine rings is 2. The number of anilines is 3. The first-order valence-electron chi connectivity index (χ1n) is 10.7. The van der Waals surface area contributed by atoms with Crippen LogP contribution in [0, 0.1) is 0 Å². The third-order valence-electron chi connectivity index (χ3n) is 5.56. The van der Waals surface area contributed by atoms with Gasteiger partial charge in [-0.05, 0) is 49.4 Å². The number of fused-ring (bicyclic) bond motifs is 1. The maximum absolute atomic E-state index is 6.07. The Morgan fingerprint density at radius 1 is 1.00 bits per heavy atom. The largest absolute Gasteiger partial charge is 0.384 e. The predicted octanol–water partition coefficient (Wildman–Crippen LogP) is 4.34. The summed E-state index contributed by atoms with van der Waals surface area (Å²) in [6.45, 7) is 9.38. The Labute approximate surface area is 183 Å². The second-order valence-electron chi connectivity index (χ2n) is 7.53. The molecule has 1 aromatic carbocycles. The Balaban J connectivity index is 1.25. The Hall–Kier alpha value is -2.57. The van der Waals surface area contributed by atoms with Gasteiger partial charge in [0, 0.05) is 61.6 Å². The number of hydrogen-bond donors (Lipinski definition) is 2. The van der Waals surface area contributed by atoms with Gasteiger partial charge in [0.05, 0.1) is 5.52 Å². The fraction of sp³-hybridized carbons (Fsp3) is 0.391. The molecule has 4 rings (SSSR count). The summed E-state index contributed by atoms with van der Waals surface area (Å²) in [5.74, 6) is 2.00. The lowest BCUT2D eigenvalue weighted by Crippen LogP contribution is -2.46. The minimum Gasteiger partial charge on any atom is -0.384 e. The van der Waals surface area contributed by atoms with Crippen molar-refractivity contribution in [1.82, 2.24) is 14.9 Å². The first-order valence-corrected chi connectivity index (χ1v) is 11.1. The van der Waals surface area contributed by atoms with Crippen LogP contribution < -0.4 is 15.5 Å². The third kappa shape index (κ3) is 5.12. The lowest BCUT2D eigenvalue weighted by atomic mass is 10.2. The molecule has 0 aliphatic carbocycles. The highest BCUT2D eigenvalue weighted by molar-refractivity contribution is 6.31. The van der Waals surface area contributed by atoms with Crippen LogP contribution in [0.15, 0.2) is 48.7 Å². The number of halogens is 1. The summed E-state index contributed by atoms with van der Waals surface area (Å²) in [5, 5.41) is 8.76. The number of rotatable bonds is 8. The Kier molecular flexibility index (Phi) is 6.87. The average Bonchev–Trinajstić information content (AvgIpc) is 2.79. The molecule has 0 radical (unpaired) electrons. The number of aromatic nitrogens is 2. The second kappa shape index (κ2) is 9.96. The maximum Gasteiger partial charge on any atom is 0.131 e. The van der Waals surface area contributed by atoms with Crippen molar-refractivity contribution < 1.29 is 0 Å². The molecule has 0 bridgehead atoms. The van der Waals surface area contributed by atoms with E-state index in [1.807, 2.05) is 36.5 Å². The van der Waals surface area contributed by atoms with Crippen LogP contribution in [-0.4, -0.2) is 60.7 Å². The topological polar surface area (TPSA) is 56.3 Å². The van der Waals surface area contributed by atoms with Crippen LogP contribution in [0.1, 0.15) is 13.3 Å². The Bertz CT molecular complexity index is 971. The molecule has 6 nitrogen and oxygen atoms in total. The van der Waals surface area contributed by atoms with E-state index in [9.17, 15) is 0 Å². The van der Waals surface area contributed by atoms with E-state index >= 15 is 0 Å². The van der Waals surface area contributed by atoms with Gasteiger partial charge < -0.3 is 20.4 Å². The van der Waals surface area contributed by atoms with Gasteiger partial charge in [-0.2, -0.15) is 0 Å². The molecule has 1 fully saturated rings. The van der Waals surface area contributed by atoms with Crippen molar-refractivity contribution >= 4 is 39.8 Å². The van der Waals surface area contributed by atoms with Gasteiger partial charge in [0.2, 0.25) is 0 Å².